The molecule has 1 aliphatic carbocycles. The summed E-state index contributed by atoms with van der Waals surface area (Å²) in [6.07, 6.45) is 1.75. The van der Waals surface area contributed by atoms with Crippen LogP contribution < -0.4 is 10.6 Å². The van der Waals surface area contributed by atoms with Gasteiger partial charge in [-0.25, -0.2) is 4.98 Å². The molecule has 3 rings (SSSR count). The first kappa shape index (κ1) is 18.1. The van der Waals surface area contributed by atoms with Crippen LogP contribution in [0.15, 0.2) is 6.07 Å². The Bertz CT molecular complexity index is 656. The van der Waals surface area contributed by atoms with E-state index in [1.54, 1.807) is 6.07 Å². The molecule has 7 heteroatoms. The van der Waals surface area contributed by atoms with Crippen LogP contribution in [0.5, 0.6) is 0 Å². The summed E-state index contributed by atoms with van der Waals surface area (Å²) in [7, 11) is 0. The highest BCUT2D eigenvalue weighted by atomic mass is 16.5. The van der Waals surface area contributed by atoms with E-state index in [4.69, 9.17) is 15.6 Å². The maximum Gasteiger partial charge on any atom is 0.252 e. The van der Waals surface area contributed by atoms with Gasteiger partial charge in [-0.1, -0.05) is 0 Å². The van der Waals surface area contributed by atoms with Gasteiger partial charge in [-0.15, -0.1) is 0 Å². The molecule has 2 aliphatic rings. The maximum atomic E-state index is 11.8. The SMILES string of the molecule is Cc1cc(C(N)=O)c(N2CCC3(CC2)[C@H](O)C[C@@H]3OCCO)nc1C. The normalized spacial score (nSPS) is 25.0. The Kier molecular flexibility index (Phi) is 4.99. The average Bonchev–Trinajstić information content (AvgIpc) is 2.60. The lowest BCUT2D eigenvalue weighted by Crippen LogP contribution is -2.62. The van der Waals surface area contributed by atoms with Crippen molar-refractivity contribution in [2.24, 2.45) is 11.1 Å². The Morgan fingerprint density at radius 3 is 2.68 bits per heavy atom. The summed E-state index contributed by atoms with van der Waals surface area (Å²) < 4.78 is 5.71. The van der Waals surface area contributed by atoms with Crippen LogP contribution in [0.2, 0.25) is 0 Å². The number of anilines is 1. The second-order valence-corrected chi connectivity index (χ2v) is 7.18. The molecule has 2 atom stereocenters. The third-order valence-electron chi connectivity index (χ3n) is 5.86. The van der Waals surface area contributed by atoms with Gasteiger partial charge in [0.1, 0.15) is 5.82 Å². The smallest absolute Gasteiger partial charge is 0.252 e. The molecule has 7 nitrogen and oxygen atoms in total. The minimum Gasteiger partial charge on any atom is -0.394 e. The number of amides is 1. The van der Waals surface area contributed by atoms with E-state index in [0.29, 0.717) is 37.5 Å². The highest BCUT2D eigenvalue weighted by Crippen LogP contribution is 2.51. The van der Waals surface area contributed by atoms with Gasteiger partial charge in [0.05, 0.1) is 31.0 Å². The highest BCUT2D eigenvalue weighted by molar-refractivity contribution is 5.98. The molecule has 138 valence electrons. The molecule has 0 radical (unpaired) electrons. The monoisotopic (exact) mass is 349 g/mol. The molecule has 2 heterocycles. The number of carbonyl (C=O) groups is 1. The Hall–Kier alpha value is -1.70. The highest BCUT2D eigenvalue weighted by Gasteiger charge is 2.56. The number of primary amides is 1. The molecule has 1 saturated heterocycles. The zero-order chi connectivity index (χ0) is 18.2. The van der Waals surface area contributed by atoms with Crippen molar-refractivity contribution in [1.29, 1.82) is 0 Å². The molecule has 25 heavy (non-hydrogen) atoms. The molecule has 1 aliphatic heterocycles. The van der Waals surface area contributed by atoms with E-state index in [9.17, 15) is 9.90 Å². The molecule has 4 N–H and O–H groups in total. The number of rotatable bonds is 5. The van der Waals surface area contributed by atoms with E-state index in [-0.39, 0.29) is 24.2 Å². The van der Waals surface area contributed by atoms with Crippen molar-refractivity contribution in [1.82, 2.24) is 4.98 Å². The second-order valence-electron chi connectivity index (χ2n) is 7.18. The quantitative estimate of drug-likeness (QED) is 0.715. The van der Waals surface area contributed by atoms with Crippen molar-refractivity contribution >= 4 is 11.7 Å². The number of aliphatic hydroxyl groups is 2. The molecule has 2 fully saturated rings. The Labute approximate surface area is 147 Å². The van der Waals surface area contributed by atoms with Crippen molar-refractivity contribution in [3.63, 3.8) is 0 Å². The van der Waals surface area contributed by atoms with Crippen molar-refractivity contribution in [3.05, 3.63) is 22.9 Å². The first-order valence-corrected chi connectivity index (χ1v) is 8.82. The summed E-state index contributed by atoms with van der Waals surface area (Å²) >= 11 is 0. The number of hydrogen-bond acceptors (Lipinski definition) is 6. The molecular formula is C18H27N3O4. The summed E-state index contributed by atoms with van der Waals surface area (Å²) in [5, 5.41) is 19.3. The molecule has 0 aromatic carbocycles. The number of piperidine rings is 1. The largest absolute Gasteiger partial charge is 0.394 e. The lowest BCUT2D eigenvalue weighted by atomic mass is 9.58. The van der Waals surface area contributed by atoms with Gasteiger partial charge < -0.3 is 25.6 Å². The summed E-state index contributed by atoms with van der Waals surface area (Å²) in [6, 6.07) is 1.80. The lowest BCUT2D eigenvalue weighted by Gasteiger charge is -2.56. The van der Waals surface area contributed by atoms with Crippen molar-refractivity contribution < 1.29 is 19.7 Å². The van der Waals surface area contributed by atoms with E-state index in [2.05, 4.69) is 9.88 Å². The summed E-state index contributed by atoms with van der Waals surface area (Å²) in [4.78, 5) is 18.5. The first-order chi connectivity index (χ1) is 11.9. The number of aliphatic hydroxyl groups excluding tert-OH is 2. The minimum absolute atomic E-state index is 0.0106. The van der Waals surface area contributed by atoms with E-state index in [0.717, 1.165) is 24.1 Å². The van der Waals surface area contributed by atoms with Gasteiger partial charge in [0.15, 0.2) is 0 Å². The summed E-state index contributed by atoms with van der Waals surface area (Å²) in [6.45, 7) is 5.50. The number of ether oxygens (including phenoxy) is 1. The molecule has 1 saturated carbocycles. The molecule has 1 aromatic rings. The molecule has 1 amide bonds. The number of aromatic nitrogens is 1. The number of aryl methyl sites for hydroxylation is 2. The lowest BCUT2D eigenvalue weighted by molar-refractivity contribution is -0.203. The molecule has 1 aromatic heterocycles. The molecule has 0 unspecified atom stereocenters. The van der Waals surface area contributed by atoms with Gasteiger partial charge in [0.25, 0.3) is 5.91 Å². The number of pyridine rings is 1. The average molecular weight is 349 g/mol. The van der Waals surface area contributed by atoms with E-state index in [1.807, 2.05) is 13.8 Å². The number of carbonyl (C=O) groups excluding carboxylic acids is 1. The summed E-state index contributed by atoms with van der Waals surface area (Å²) in [5.74, 6) is 0.158. The van der Waals surface area contributed by atoms with Gasteiger partial charge in [0.2, 0.25) is 0 Å². The second kappa shape index (κ2) is 6.90. The predicted molar refractivity (Wildman–Crippen MR) is 93.6 cm³/mol. The van der Waals surface area contributed by atoms with E-state index < -0.39 is 5.91 Å². The van der Waals surface area contributed by atoms with Crippen molar-refractivity contribution in [2.75, 3.05) is 31.2 Å². The van der Waals surface area contributed by atoms with Gasteiger partial charge in [0, 0.05) is 30.6 Å². The zero-order valence-electron chi connectivity index (χ0n) is 14.9. The Balaban J connectivity index is 1.76. The van der Waals surface area contributed by atoms with Crippen LogP contribution in [0, 0.1) is 19.3 Å². The topological polar surface area (TPSA) is 109 Å². The maximum absolute atomic E-state index is 11.8. The van der Waals surface area contributed by atoms with Gasteiger partial charge in [-0.3, -0.25) is 4.79 Å². The van der Waals surface area contributed by atoms with Gasteiger partial charge in [-0.05, 0) is 38.3 Å². The molecule has 1 spiro atoms. The minimum atomic E-state index is -0.473. The molecule has 0 bridgehead atoms. The van der Waals surface area contributed by atoms with E-state index in [1.165, 1.54) is 0 Å². The van der Waals surface area contributed by atoms with Crippen LogP contribution in [0.3, 0.4) is 0 Å². The standard InChI is InChI=1S/C18H27N3O4/c1-11-9-13(16(19)24)17(20-12(11)2)21-5-3-18(4-6-21)14(23)10-15(18)25-8-7-22/h9,14-15,22-23H,3-8,10H2,1-2H3,(H2,19,24)/t14-,15+/m1/s1. The fourth-order valence-corrected chi connectivity index (χ4v) is 4.06. The third-order valence-corrected chi connectivity index (χ3v) is 5.86. The number of nitrogens with zero attached hydrogens (tertiary/aromatic N) is 2. The van der Waals surface area contributed by atoms with Gasteiger partial charge in [-0.2, -0.15) is 0 Å². The number of nitrogens with two attached hydrogens (primary N) is 1. The Morgan fingerprint density at radius 2 is 2.12 bits per heavy atom. The first-order valence-electron chi connectivity index (χ1n) is 8.82. The van der Waals surface area contributed by atoms with Crippen molar-refractivity contribution in [2.45, 2.75) is 45.3 Å². The zero-order valence-corrected chi connectivity index (χ0v) is 14.9. The summed E-state index contributed by atoms with van der Waals surface area (Å²) in [5.41, 5.74) is 7.56. The van der Waals surface area contributed by atoms with Crippen LogP contribution in [0.25, 0.3) is 0 Å². The van der Waals surface area contributed by atoms with Crippen LogP contribution in [-0.4, -0.2) is 59.6 Å². The van der Waals surface area contributed by atoms with Crippen LogP contribution >= 0.6 is 0 Å². The van der Waals surface area contributed by atoms with Gasteiger partial charge >= 0.3 is 0 Å². The predicted octanol–water partition coefficient (Wildman–Crippen LogP) is 0.526. The van der Waals surface area contributed by atoms with Crippen LogP contribution in [-0.2, 0) is 4.74 Å². The Morgan fingerprint density at radius 1 is 1.44 bits per heavy atom. The fourth-order valence-electron chi connectivity index (χ4n) is 4.06. The van der Waals surface area contributed by atoms with Crippen molar-refractivity contribution in [3.8, 4) is 0 Å². The van der Waals surface area contributed by atoms with Crippen LogP contribution in [0.1, 0.15) is 40.9 Å². The number of hydrogen-bond donors (Lipinski definition) is 3. The molecular weight excluding hydrogens is 322 g/mol. The fraction of sp³-hybridized carbons (Fsp3) is 0.667. The van der Waals surface area contributed by atoms with Crippen LogP contribution in [0.4, 0.5) is 5.82 Å². The third kappa shape index (κ3) is 3.12. The van der Waals surface area contributed by atoms with E-state index >= 15 is 0 Å².